The van der Waals surface area contributed by atoms with Crippen molar-refractivity contribution >= 4 is 51.7 Å². The van der Waals surface area contributed by atoms with Gasteiger partial charge in [0.15, 0.2) is 0 Å². The molecule has 1 atom stereocenters. The molecule has 0 saturated heterocycles. The molecule has 37 heavy (non-hydrogen) atoms. The van der Waals surface area contributed by atoms with Gasteiger partial charge >= 0.3 is 5.97 Å². The van der Waals surface area contributed by atoms with E-state index in [0.29, 0.717) is 22.2 Å². The SMILES string of the molecule is Cc1nc2ccc(Cl)cc2c(-c2ccccc2)c1C1=NN(C(=O)CCC(=O)O)[C@@H](c2ccc(Cl)cc2)C1. The average Bonchev–Trinajstić information content (AvgIpc) is 3.32. The Balaban J connectivity index is 1.69. The van der Waals surface area contributed by atoms with Gasteiger partial charge in [-0.2, -0.15) is 5.10 Å². The first-order chi connectivity index (χ1) is 17.8. The van der Waals surface area contributed by atoms with E-state index in [9.17, 15) is 9.59 Å². The Morgan fingerprint density at radius 1 is 0.946 bits per heavy atom. The summed E-state index contributed by atoms with van der Waals surface area (Å²) in [5.74, 6) is -1.38. The van der Waals surface area contributed by atoms with Gasteiger partial charge in [0, 0.05) is 45.1 Å². The van der Waals surface area contributed by atoms with Crippen molar-refractivity contribution in [1.82, 2.24) is 9.99 Å². The summed E-state index contributed by atoms with van der Waals surface area (Å²) in [6.07, 6.45) is 0.0268. The van der Waals surface area contributed by atoms with Crippen molar-refractivity contribution in [1.29, 1.82) is 0 Å². The second-order valence-corrected chi connectivity index (χ2v) is 9.80. The number of aromatic nitrogens is 1. The third kappa shape index (κ3) is 5.08. The number of carboxylic acids is 1. The molecule has 1 N–H and O–H groups in total. The monoisotopic (exact) mass is 531 g/mol. The highest BCUT2D eigenvalue weighted by Gasteiger charge is 2.35. The maximum atomic E-state index is 13.2. The Morgan fingerprint density at radius 3 is 2.35 bits per heavy atom. The molecule has 6 nitrogen and oxygen atoms in total. The summed E-state index contributed by atoms with van der Waals surface area (Å²) >= 11 is 12.5. The first-order valence-electron chi connectivity index (χ1n) is 11.8. The lowest BCUT2D eigenvalue weighted by molar-refractivity contribution is -0.141. The van der Waals surface area contributed by atoms with Crippen molar-refractivity contribution in [3.63, 3.8) is 0 Å². The first-order valence-corrected chi connectivity index (χ1v) is 12.6. The number of halogens is 2. The number of hydrogen-bond donors (Lipinski definition) is 1. The molecule has 8 heteroatoms. The summed E-state index contributed by atoms with van der Waals surface area (Å²) in [5.41, 5.74) is 5.93. The number of nitrogens with zero attached hydrogens (tertiary/aromatic N) is 3. The lowest BCUT2D eigenvalue weighted by atomic mass is 9.89. The Labute approximate surface area is 224 Å². The van der Waals surface area contributed by atoms with Gasteiger partial charge in [-0.3, -0.25) is 14.6 Å². The highest BCUT2D eigenvalue weighted by molar-refractivity contribution is 6.31. The van der Waals surface area contributed by atoms with Gasteiger partial charge in [-0.1, -0.05) is 65.7 Å². The minimum atomic E-state index is -1.03. The summed E-state index contributed by atoms with van der Waals surface area (Å²) in [4.78, 5) is 29.2. The fourth-order valence-corrected chi connectivity index (χ4v) is 5.08. The van der Waals surface area contributed by atoms with E-state index in [1.807, 2.05) is 67.6 Å². The molecule has 186 valence electrons. The van der Waals surface area contributed by atoms with Crippen LogP contribution in [0.25, 0.3) is 22.0 Å². The molecule has 1 aliphatic rings. The zero-order valence-electron chi connectivity index (χ0n) is 20.0. The standard InChI is InChI=1S/C29H23Cl2N3O3/c1-17-28(29(19-5-3-2-4-6-19)22-15-21(31)11-12-23(22)32-17)24-16-25(18-7-9-20(30)10-8-18)34(33-24)26(35)13-14-27(36)37/h2-12,15,25H,13-14,16H2,1H3,(H,36,37)/t25-/m1/s1. The second kappa shape index (κ2) is 10.3. The number of benzene rings is 3. The number of carboxylic acid groups (broad SMARTS) is 1. The number of aryl methyl sites for hydroxylation is 1. The molecule has 1 amide bonds. The Morgan fingerprint density at radius 2 is 1.65 bits per heavy atom. The molecule has 0 aliphatic carbocycles. The highest BCUT2D eigenvalue weighted by atomic mass is 35.5. The smallest absolute Gasteiger partial charge is 0.303 e. The van der Waals surface area contributed by atoms with E-state index < -0.39 is 12.0 Å². The molecule has 0 bridgehead atoms. The fraction of sp³-hybridized carbons (Fsp3) is 0.172. The maximum absolute atomic E-state index is 13.2. The highest BCUT2D eigenvalue weighted by Crippen LogP contribution is 2.40. The van der Waals surface area contributed by atoms with Crippen LogP contribution in [0.1, 0.15) is 42.1 Å². The van der Waals surface area contributed by atoms with Crippen LogP contribution >= 0.6 is 23.2 Å². The van der Waals surface area contributed by atoms with E-state index in [1.54, 1.807) is 12.1 Å². The van der Waals surface area contributed by atoms with E-state index in [1.165, 1.54) is 5.01 Å². The minimum absolute atomic E-state index is 0.147. The Bertz CT molecular complexity index is 1540. The van der Waals surface area contributed by atoms with Crippen LogP contribution in [0.4, 0.5) is 0 Å². The molecule has 5 rings (SSSR count). The van der Waals surface area contributed by atoms with E-state index in [2.05, 4.69) is 0 Å². The molecule has 0 spiro atoms. The van der Waals surface area contributed by atoms with Crippen LogP contribution < -0.4 is 0 Å². The van der Waals surface area contributed by atoms with Crippen molar-refractivity contribution in [3.05, 3.63) is 99.7 Å². The fourth-order valence-electron chi connectivity index (χ4n) is 4.78. The molecule has 0 unspecified atom stereocenters. The number of carbonyl (C=O) groups excluding carboxylic acids is 1. The van der Waals surface area contributed by atoms with Crippen LogP contribution in [0.3, 0.4) is 0 Å². The van der Waals surface area contributed by atoms with Gasteiger partial charge in [0.25, 0.3) is 0 Å². The molecule has 4 aromatic rings. The number of pyridine rings is 1. The number of amides is 1. The number of carbonyl (C=O) groups is 2. The van der Waals surface area contributed by atoms with Crippen LogP contribution in [0.2, 0.25) is 10.0 Å². The topological polar surface area (TPSA) is 82.9 Å². The zero-order chi connectivity index (χ0) is 26.1. The predicted molar refractivity (Wildman–Crippen MR) is 146 cm³/mol. The van der Waals surface area contributed by atoms with Crippen LogP contribution in [-0.2, 0) is 9.59 Å². The molecule has 0 radical (unpaired) electrons. The molecule has 1 aromatic heterocycles. The molecule has 2 heterocycles. The van der Waals surface area contributed by atoms with Gasteiger partial charge in [-0.25, -0.2) is 5.01 Å². The lowest BCUT2D eigenvalue weighted by Crippen LogP contribution is -2.27. The number of fused-ring (bicyclic) bond motifs is 1. The Kier molecular flexibility index (Phi) is 6.96. The number of hydrazone groups is 1. The van der Waals surface area contributed by atoms with Gasteiger partial charge in [0.1, 0.15) is 0 Å². The molecule has 0 saturated carbocycles. The predicted octanol–water partition coefficient (Wildman–Crippen LogP) is 7.06. The van der Waals surface area contributed by atoms with E-state index in [-0.39, 0.29) is 18.7 Å². The molecule has 3 aromatic carbocycles. The third-order valence-electron chi connectivity index (χ3n) is 6.45. The van der Waals surface area contributed by atoms with Crippen molar-refractivity contribution in [3.8, 4) is 11.1 Å². The third-order valence-corrected chi connectivity index (χ3v) is 6.94. The number of aliphatic carboxylic acids is 1. The van der Waals surface area contributed by atoms with Gasteiger partial charge in [-0.15, -0.1) is 0 Å². The van der Waals surface area contributed by atoms with Gasteiger partial charge in [0.05, 0.1) is 23.7 Å². The van der Waals surface area contributed by atoms with Gasteiger partial charge < -0.3 is 5.11 Å². The average molecular weight is 532 g/mol. The maximum Gasteiger partial charge on any atom is 0.303 e. The summed E-state index contributed by atoms with van der Waals surface area (Å²) in [6, 6.07) is 22.5. The number of rotatable bonds is 6. The summed E-state index contributed by atoms with van der Waals surface area (Å²) in [5, 5.41) is 17.4. The summed E-state index contributed by atoms with van der Waals surface area (Å²) < 4.78 is 0. The van der Waals surface area contributed by atoms with Crippen LogP contribution in [-0.4, -0.2) is 32.7 Å². The molecule has 0 fully saturated rings. The Hall–Kier alpha value is -3.74. The van der Waals surface area contributed by atoms with Crippen LogP contribution in [0.5, 0.6) is 0 Å². The largest absolute Gasteiger partial charge is 0.481 e. The van der Waals surface area contributed by atoms with Crippen molar-refractivity contribution < 1.29 is 14.7 Å². The molecular formula is C29H23Cl2N3O3. The van der Waals surface area contributed by atoms with Crippen LogP contribution in [0.15, 0.2) is 77.9 Å². The summed E-state index contributed by atoms with van der Waals surface area (Å²) in [6.45, 7) is 1.94. The summed E-state index contributed by atoms with van der Waals surface area (Å²) in [7, 11) is 0. The number of hydrogen-bond acceptors (Lipinski definition) is 4. The second-order valence-electron chi connectivity index (χ2n) is 8.92. The first kappa shape index (κ1) is 24.9. The van der Waals surface area contributed by atoms with E-state index in [4.69, 9.17) is 38.4 Å². The quantitative estimate of drug-likeness (QED) is 0.288. The normalized spacial score (nSPS) is 15.2. The van der Waals surface area contributed by atoms with Crippen molar-refractivity contribution in [2.45, 2.75) is 32.2 Å². The van der Waals surface area contributed by atoms with E-state index >= 15 is 0 Å². The van der Waals surface area contributed by atoms with Gasteiger partial charge in [-0.05, 0) is 48.4 Å². The minimum Gasteiger partial charge on any atom is -0.481 e. The van der Waals surface area contributed by atoms with Crippen molar-refractivity contribution in [2.75, 3.05) is 0 Å². The zero-order valence-corrected chi connectivity index (χ0v) is 21.5. The molecular weight excluding hydrogens is 509 g/mol. The molecule has 1 aliphatic heterocycles. The van der Waals surface area contributed by atoms with E-state index in [0.717, 1.165) is 38.9 Å². The van der Waals surface area contributed by atoms with Crippen molar-refractivity contribution in [2.24, 2.45) is 5.10 Å². The van der Waals surface area contributed by atoms with Crippen LogP contribution in [0, 0.1) is 6.92 Å². The lowest BCUT2D eigenvalue weighted by Gasteiger charge is -2.22. The van der Waals surface area contributed by atoms with Gasteiger partial charge in [0.2, 0.25) is 5.91 Å².